The number of hydrogen-bond donors (Lipinski definition) is 1. The monoisotopic (exact) mass is 190 g/mol. The van der Waals surface area contributed by atoms with Gasteiger partial charge >= 0.3 is 0 Å². The highest BCUT2D eigenvalue weighted by molar-refractivity contribution is 7.88. The standard InChI is InChI=1S/C7H14N2O2S/c1-12(10,11)9-8-7-5-3-2-4-6-7/h9H,2-6H2,1H3. The number of rotatable bonds is 2. The Morgan fingerprint density at radius 3 is 2.33 bits per heavy atom. The molecule has 0 aliphatic heterocycles. The molecule has 0 aromatic heterocycles. The molecule has 0 saturated heterocycles. The van der Waals surface area contributed by atoms with E-state index in [1.165, 1.54) is 6.42 Å². The van der Waals surface area contributed by atoms with Crippen molar-refractivity contribution in [2.75, 3.05) is 6.26 Å². The quantitative estimate of drug-likeness (QED) is 0.656. The minimum atomic E-state index is -3.16. The van der Waals surface area contributed by atoms with Gasteiger partial charge < -0.3 is 0 Å². The first-order valence-electron chi connectivity index (χ1n) is 4.10. The Morgan fingerprint density at radius 2 is 1.83 bits per heavy atom. The van der Waals surface area contributed by atoms with E-state index in [9.17, 15) is 8.42 Å². The van der Waals surface area contributed by atoms with Crippen LogP contribution in [-0.2, 0) is 10.0 Å². The van der Waals surface area contributed by atoms with Gasteiger partial charge in [-0.1, -0.05) is 6.42 Å². The van der Waals surface area contributed by atoms with Crippen molar-refractivity contribution in [3.05, 3.63) is 0 Å². The van der Waals surface area contributed by atoms with E-state index < -0.39 is 10.0 Å². The summed E-state index contributed by atoms with van der Waals surface area (Å²) in [6, 6.07) is 0. The summed E-state index contributed by atoms with van der Waals surface area (Å²) in [5, 5.41) is 3.83. The lowest BCUT2D eigenvalue weighted by atomic mass is 9.99. The van der Waals surface area contributed by atoms with Crippen LogP contribution in [0, 0.1) is 0 Å². The van der Waals surface area contributed by atoms with Crippen LogP contribution in [0.15, 0.2) is 5.10 Å². The minimum absolute atomic E-state index is 0.933. The van der Waals surface area contributed by atoms with E-state index in [2.05, 4.69) is 9.93 Å². The fourth-order valence-electron chi connectivity index (χ4n) is 1.22. The van der Waals surface area contributed by atoms with Crippen LogP contribution >= 0.6 is 0 Å². The lowest BCUT2D eigenvalue weighted by Crippen LogP contribution is -2.19. The summed E-state index contributed by atoms with van der Waals surface area (Å²) >= 11 is 0. The second-order valence-corrected chi connectivity index (χ2v) is 4.83. The molecule has 1 fully saturated rings. The lowest BCUT2D eigenvalue weighted by Gasteiger charge is -2.11. The Labute approximate surface area is 73.1 Å². The highest BCUT2D eigenvalue weighted by atomic mass is 32.2. The predicted octanol–water partition coefficient (Wildman–Crippen LogP) is 0.856. The SMILES string of the molecule is CS(=O)(=O)NN=C1CCCCC1. The van der Waals surface area contributed by atoms with Gasteiger partial charge in [-0.2, -0.15) is 5.10 Å². The van der Waals surface area contributed by atoms with E-state index >= 15 is 0 Å². The molecule has 0 spiro atoms. The topological polar surface area (TPSA) is 58.5 Å². The average molecular weight is 190 g/mol. The van der Waals surface area contributed by atoms with Crippen molar-refractivity contribution in [2.45, 2.75) is 32.1 Å². The number of hydrazone groups is 1. The third-order valence-electron chi connectivity index (χ3n) is 1.80. The summed E-state index contributed by atoms with van der Waals surface area (Å²) < 4.78 is 21.3. The van der Waals surface area contributed by atoms with Crippen molar-refractivity contribution < 1.29 is 8.42 Å². The number of hydrogen-bond acceptors (Lipinski definition) is 3. The zero-order chi connectivity index (χ0) is 9.03. The maximum absolute atomic E-state index is 10.7. The molecule has 1 saturated carbocycles. The summed E-state index contributed by atoms with van der Waals surface area (Å²) in [6.45, 7) is 0. The summed E-state index contributed by atoms with van der Waals surface area (Å²) in [6.07, 6.45) is 6.47. The fraction of sp³-hybridized carbons (Fsp3) is 0.857. The van der Waals surface area contributed by atoms with E-state index in [-0.39, 0.29) is 0 Å². The molecule has 0 unspecified atom stereocenters. The molecule has 0 amide bonds. The smallest absolute Gasteiger partial charge is 0.206 e. The molecule has 4 nitrogen and oxygen atoms in total. The molecule has 1 aliphatic rings. The van der Waals surface area contributed by atoms with Gasteiger partial charge in [0.25, 0.3) is 0 Å². The van der Waals surface area contributed by atoms with Gasteiger partial charge in [0.15, 0.2) is 0 Å². The molecule has 0 aromatic rings. The van der Waals surface area contributed by atoms with Crippen LogP contribution in [0.3, 0.4) is 0 Å². The maximum atomic E-state index is 10.7. The van der Waals surface area contributed by atoms with Crippen LogP contribution in [0.25, 0.3) is 0 Å². The minimum Gasteiger partial charge on any atom is -0.206 e. The molecule has 1 rings (SSSR count). The molecule has 0 heterocycles. The van der Waals surface area contributed by atoms with E-state index in [1.807, 2.05) is 0 Å². The Kier molecular flexibility index (Phi) is 3.08. The van der Waals surface area contributed by atoms with Crippen molar-refractivity contribution in [2.24, 2.45) is 5.10 Å². The Balaban J connectivity index is 2.45. The van der Waals surface area contributed by atoms with Crippen LogP contribution in [0.2, 0.25) is 0 Å². The molecule has 5 heteroatoms. The second kappa shape index (κ2) is 3.89. The molecular weight excluding hydrogens is 176 g/mol. The molecule has 1 aliphatic carbocycles. The van der Waals surface area contributed by atoms with Crippen molar-refractivity contribution in [1.82, 2.24) is 4.83 Å². The third-order valence-corrected chi connectivity index (χ3v) is 2.22. The highest BCUT2D eigenvalue weighted by Crippen LogP contribution is 2.14. The van der Waals surface area contributed by atoms with Gasteiger partial charge in [0.1, 0.15) is 0 Å². The fourth-order valence-corrected chi connectivity index (χ4v) is 1.51. The third kappa shape index (κ3) is 3.71. The Bertz CT molecular complexity index is 261. The number of sulfonamides is 1. The van der Waals surface area contributed by atoms with Gasteiger partial charge in [0, 0.05) is 5.71 Å². The molecule has 1 N–H and O–H groups in total. The molecule has 70 valence electrons. The first kappa shape index (κ1) is 9.51. The number of nitrogens with zero attached hydrogens (tertiary/aromatic N) is 1. The van der Waals surface area contributed by atoms with Gasteiger partial charge in [-0.15, -0.1) is 0 Å². The zero-order valence-electron chi connectivity index (χ0n) is 7.21. The van der Waals surface area contributed by atoms with Crippen LogP contribution in [0.5, 0.6) is 0 Å². The summed E-state index contributed by atoms with van der Waals surface area (Å²) in [4.78, 5) is 2.15. The summed E-state index contributed by atoms with van der Waals surface area (Å²) in [5.41, 5.74) is 0.978. The van der Waals surface area contributed by atoms with E-state index in [1.54, 1.807) is 0 Å². The van der Waals surface area contributed by atoms with Crippen molar-refractivity contribution >= 4 is 15.7 Å². The predicted molar refractivity (Wildman–Crippen MR) is 48.5 cm³/mol. The summed E-state index contributed by atoms with van der Waals surface area (Å²) in [5.74, 6) is 0. The normalized spacial score (nSPS) is 18.9. The first-order chi connectivity index (χ1) is 5.58. The van der Waals surface area contributed by atoms with Gasteiger partial charge in [-0.05, 0) is 25.7 Å². The number of nitrogens with one attached hydrogen (secondary N) is 1. The van der Waals surface area contributed by atoms with Gasteiger partial charge in [0.05, 0.1) is 6.26 Å². The van der Waals surface area contributed by atoms with Crippen molar-refractivity contribution in [1.29, 1.82) is 0 Å². The second-order valence-electron chi connectivity index (χ2n) is 3.10. The van der Waals surface area contributed by atoms with E-state index in [0.717, 1.165) is 37.7 Å². The molecule has 0 atom stereocenters. The zero-order valence-corrected chi connectivity index (χ0v) is 8.02. The van der Waals surface area contributed by atoms with E-state index in [0.29, 0.717) is 0 Å². The van der Waals surface area contributed by atoms with Gasteiger partial charge in [-0.3, -0.25) is 0 Å². The van der Waals surface area contributed by atoms with Gasteiger partial charge in [-0.25, -0.2) is 13.2 Å². The molecule has 0 radical (unpaired) electrons. The average Bonchev–Trinajstić information content (AvgIpc) is 2.02. The van der Waals surface area contributed by atoms with Crippen molar-refractivity contribution in [3.63, 3.8) is 0 Å². The highest BCUT2D eigenvalue weighted by Gasteiger charge is 2.07. The Morgan fingerprint density at radius 1 is 1.25 bits per heavy atom. The molecular formula is C7H14N2O2S. The van der Waals surface area contributed by atoms with E-state index in [4.69, 9.17) is 0 Å². The molecule has 12 heavy (non-hydrogen) atoms. The molecule has 0 aromatic carbocycles. The van der Waals surface area contributed by atoms with Crippen LogP contribution < -0.4 is 4.83 Å². The maximum Gasteiger partial charge on any atom is 0.244 e. The summed E-state index contributed by atoms with van der Waals surface area (Å²) in [7, 11) is -3.16. The lowest BCUT2D eigenvalue weighted by molar-refractivity contribution is 0.589. The van der Waals surface area contributed by atoms with Crippen LogP contribution in [0.1, 0.15) is 32.1 Å². The molecule has 0 bridgehead atoms. The van der Waals surface area contributed by atoms with Crippen LogP contribution in [0.4, 0.5) is 0 Å². The first-order valence-corrected chi connectivity index (χ1v) is 5.99. The van der Waals surface area contributed by atoms with Crippen molar-refractivity contribution in [3.8, 4) is 0 Å². The van der Waals surface area contributed by atoms with Crippen LogP contribution in [-0.4, -0.2) is 20.4 Å². The largest absolute Gasteiger partial charge is 0.244 e. The Hall–Kier alpha value is -0.580. The van der Waals surface area contributed by atoms with Gasteiger partial charge in [0.2, 0.25) is 10.0 Å².